The van der Waals surface area contributed by atoms with Crippen LogP contribution >= 0.6 is 0 Å². The van der Waals surface area contributed by atoms with Crippen molar-refractivity contribution in [1.82, 2.24) is 15.0 Å². The minimum Gasteiger partial charge on any atom is -0.455 e. The van der Waals surface area contributed by atoms with E-state index in [9.17, 15) is 0 Å². The molecule has 0 aliphatic carbocycles. The Balaban J connectivity index is 2.09. The fraction of sp³-hybridized carbons (Fsp3) is 0.0714. The van der Waals surface area contributed by atoms with Gasteiger partial charge < -0.3 is 4.74 Å². The van der Waals surface area contributed by atoms with Gasteiger partial charge in [-0.15, -0.1) is 0 Å². The van der Waals surface area contributed by atoms with Crippen molar-refractivity contribution in [1.29, 1.82) is 0 Å². The van der Waals surface area contributed by atoms with E-state index in [1.807, 2.05) is 37.3 Å². The van der Waals surface area contributed by atoms with Crippen molar-refractivity contribution in [3.8, 4) is 11.5 Å². The molecular weight excluding hydrogens is 226 g/mol. The van der Waals surface area contributed by atoms with Crippen LogP contribution in [0.2, 0.25) is 0 Å². The van der Waals surface area contributed by atoms with Gasteiger partial charge >= 0.3 is 0 Å². The number of fused-ring (bicyclic) bond motifs is 1. The summed E-state index contributed by atoms with van der Waals surface area (Å²) < 4.78 is 5.80. The number of ether oxygens (including phenoxy) is 1. The van der Waals surface area contributed by atoms with Gasteiger partial charge in [-0.05, 0) is 19.1 Å². The predicted molar refractivity (Wildman–Crippen MR) is 68.6 cm³/mol. The minimum absolute atomic E-state index is 0.592. The number of nitrogens with zero attached hydrogens (tertiary/aromatic N) is 3. The van der Waals surface area contributed by atoms with Gasteiger partial charge in [0, 0.05) is 12.3 Å². The Hall–Kier alpha value is -2.49. The maximum Gasteiger partial charge on any atom is 0.182 e. The van der Waals surface area contributed by atoms with Gasteiger partial charge in [0.2, 0.25) is 0 Å². The number of hydrogen-bond donors (Lipinski definition) is 0. The maximum absolute atomic E-state index is 5.80. The van der Waals surface area contributed by atoms with Gasteiger partial charge in [-0.1, -0.05) is 18.2 Å². The molecule has 88 valence electrons. The van der Waals surface area contributed by atoms with Crippen molar-refractivity contribution in [3.05, 3.63) is 54.5 Å². The number of pyridine rings is 1. The van der Waals surface area contributed by atoms with E-state index in [0.717, 1.165) is 11.4 Å². The number of rotatable bonds is 2. The van der Waals surface area contributed by atoms with Crippen LogP contribution in [0, 0.1) is 6.92 Å². The molecule has 0 radical (unpaired) electrons. The maximum atomic E-state index is 5.80. The van der Waals surface area contributed by atoms with Gasteiger partial charge in [-0.2, -0.15) is 0 Å². The Morgan fingerprint density at radius 3 is 2.67 bits per heavy atom. The molecule has 4 nitrogen and oxygen atoms in total. The third-order valence-corrected chi connectivity index (χ3v) is 2.50. The molecule has 1 aromatic carbocycles. The molecule has 0 atom stereocenters. The lowest BCUT2D eigenvalue weighted by molar-refractivity contribution is 0.486. The molecule has 0 bridgehead atoms. The first-order valence-electron chi connectivity index (χ1n) is 5.64. The van der Waals surface area contributed by atoms with Crippen LogP contribution in [0.3, 0.4) is 0 Å². The highest BCUT2D eigenvalue weighted by molar-refractivity contribution is 5.77. The highest BCUT2D eigenvalue weighted by Gasteiger charge is 2.06. The summed E-state index contributed by atoms with van der Waals surface area (Å²) in [7, 11) is 0. The molecule has 0 fully saturated rings. The van der Waals surface area contributed by atoms with Crippen molar-refractivity contribution in [3.63, 3.8) is 0 Å². The quantitative estimate of drug-likeness (QED) is 0.687. The first kappa shape index (κ1) is 10.7. The van der Waals surface area contributed by atoms with E-state index in [1.54, 1.807) is 18.5 Å². The third-order valence-electron chi connectivity index (χ3n) is 2.50. The summed E-state index contributed by atoms with van der Waals surface area (Å²) in [5.74, 6) is 1.44. The highest BCUT2D eigenvalue weighted by atomic mass is 16.5. The largest absolute Gasteiger partial charge is 0.455 e. The number of para-hydroxylation sites is 1. The Morgan fingerprint density at radius 1 is 1.00 bits per heavy atom. The molecule has 0 unspecified atom stereocenters. The molecule has 0 saturated heterocycles. The second-order valence-electron chi connectivity index (χ2n) is 3.91. The molecule has 2 aromatic heterocycles. The highest BCUT2D eigenvalue weighted by Crippen LogP contribution is 2.26. The molecule has 3 rings (SSSR count). The lowest BCUT2D eigenvalue weighted by Gasteiger charge is -2.07. The van der Waals surface area contributed by atoms with E-state index in [2.05, 4.69) is 15.0 Å². The van der Waals surface area contributed by atoms with Gasteiger partial charge in [0.05, 0.1) is 11.9 Å². The molecule has 0 aliphatic heterocycles. The Kier molecular flexibility index (Phi) is 2.61. The Morgan fingerprint density at radius 2 is 1.83 bits per heavy atom. The first-order chi connectivity index (χ1) is 8.83. The Bertz CT molecular complexity index is 683. The van der Waals surface area contributed by atoms with Crippen molar-refractivity contribution in [2.45, 2.75) is 6.92 Å². The standard InChI is InChI=1S/C14H11N3O/c1-10-9-16-14-13(17-10)12(7-8-15-14)18-11-5-3-2-4-6-11/h2-9H,1H3. The predicted octanol–water partition coefficient (Wildman–Crippen LogP) is 3.13. The van der Waals surface area contributed by atoms with Crippen LogP contribution in [0.25, 0.3) is 11.2 Å². The molecule has 18 heavy (non-hydrogen) atoms. The lowest BCUT2D eigenvalue weighted by Crippen LogP contribution is -1.93. The van der Waals surface area contributed by atoms with Crippen LogP contribution in [-0.2, 0) is 0 Å². The van der Waals surface area contributed by atoms with Crippen LogP contribution in [0.1, 0.15) is 5.69 Å². The van der Waals surface area contributed by atoms with Gasteiger partial charge in [-0.25, -0.2) is 15.0 Å². The van der Waals surface area contributed by atoms with Gasteiger partial charge in [-0.3, -0.25) is 0 Å². The molecule has 0 aliphatic rings. The number of aromatic nitrogens is 3. The molecule has 0 N–H and O–H groups in total. The zero-order chi connectivity index (χ0) is 12.4. The number of hydrogen-bond acceptors (Lipinski definition) is 4. The fourth-order valence-corrected chi connectivity index (χ4v) is 1.68. The third kappa shape index (κ3) is 2.00. The summed E-state index contributed by atoms with van der Waals surface area (Å²) in [6, 6.07) is 11.4. The molecule has 4 heteroatoms. The average Bonchev–Trinajstić information content (AvgIpc) is 2.41. The zero-order valence-corrected chi connectivity index (χ0v) is 9.87. The monoisotopic (exact) mass is 237 g/mol. The molecule has 2 heterocycles. The summed E-state index contributed by atoms with van der Waals surface area (Å²) in [5, 5.41) is 0. The van der Waals surface area contributed by atoms with Gasteiger partial charge in [0.15, 0.2) is 16.9 Å². The second-order valence-corrected chi connectivity index (χ2v) is 3.91. The molecule has 0 saturated carbocycles. The van der Waals surface area contributed by atoms with Crippen LogP contribution in [0.15, 0.2) is 48.8 Å². The summed E-state index contributed by atoms with van der Waals surface area (Å²) in [5.41, 5.74) is 2.11. The molecule has 0 spiro atoms. The SMILES string of the molecule is Cc1cnc2nccc(Oc3ccccc3)c2n1. The number of benzene rings is 1. The summed E-state index contributed by atoms with van der Waals surface area (Å²) >= 11 is 0. The van der Waals surface area contributed by atoms with Crippen LogP contribution in [-0.4, -0.2) is 15.0 Å². The van der Waals surface area contributed by atoms with Crippen molar-refractivity contribution in [2.75, 3.05) is 0 Å². The van der Waals surface area contributed by atoms with Gasteiger partial charge in [0.1, 0.15) is 5.75 Å². The van der Waals surface area contributed by atoms with Crippen molar-refractivity contribution < 1.29 is 4.74 Å². The number of aryl methyl sites for hydroxylation is 1. The summed E-state index contributed by atoms with van der Waals surface area (Å²) in [4.78, 5) is 12.8. The van der Waals surface area contributed by atoms with Crippen LogP contribution in [0.5, 0.6) is 11.5 Å². The van der Waals surface area contributed by atoms with E-state index in [0.29, 0.717) is 16.9 Å². The van der Waals surface area contributed by atoms with Crippen molar-refractivity contribution in [2.24, 2.45) is 0 Å². The molecule has 3 aromatic rings. The van der Waals surface area contributed by atoms with E-state index < -0.39 is 0 Å². The van der Waals surface area contributed by atoms with Crippen LogP contribution < -0.4 is 4.74 Å². The van der Waals surface area contributed by atoms with E-state index in [-0.39, 0.29) is 0 Å². The molecular formula is C14H11N3O. The zero-order valence-electron chi connectivity index (χ0n) is 9.87. The topological polar surface area (TPSA) is 47.9 Å². The second kappa shape index (κ2) is 4.41. The average molecular weight is 237 g/mol. The first-order valence-corrected chi connectivity index (χ1v) is 5.64. The lowest BCUT2D eigenvalue weighted by atomic mass is 10.3. The van der Waals surface area contributed by atoms with E-state index in [1.165, 1.54) is 0 Å². The molecule has 0 amide bonds. The minimum atomic E-state index is 0.592. The van der Waals surface area contributed by atoms with Crippen LogP contribution in [0.4, 0.5) is 0 Å². The van der Waals surface area contributed by atoms with E-state index >= 15 is 0 Å². The van der Waals surface area contributed by atoms with Crippen molar-refractivity contribution >= 4 is 11.2 Å². The summed E-state index contributed by atoms with van der Waals surface area (Å²) in [6.07, 6.45) is 3.37. The Labute approximate surface area is 104 Å². The summed E-state index contributed by atoms with van der Waals surface area (Å²) in [6.45, 7) is 1.89. The van der Waals surface area contributed by atoms with Gasteiger partial charge in [0.25, 0.3) is 0 Å². The smallest absolute Gasteiger partial charge is 0.182 e. The van der Waals surface area contributed by atoms with E-state index in [4.69, 9.17) is 4.74 Å². The fourth-order valence-electron chi connectivity index (χ4n) is 1.68. The normalized spacial score (nSPS) is 10.5.